The first kappa shape index (κ1) is 19.3. The maximum Gasteiger partial charge on any atom is 0.322 e. The number of nitrogens with one attached hydrogen (secondary N) is 3. The number of imide groups is 1. The van der Waals surface area contributed by atoms with Gasteiger partial charge in [-0.2, -0.15) is 0 Å². The quantitative estimate of drug-likeness (QED) is 0.570. The van der Waals surface area contributed by atoms with Gasteiger partial charge in [-0.25, -0.2) is 9.78 Å². The van der Waals surface area contributed by atoms with E-state index in [1.165, 1.54) is 0 Å². The van der Waals surface area contributed by atoms with Crippen LogP contribution in [0.4, 0.5) is 10.5 Å². The fourth-order valence-corrected chi connectivity index (χ4v) is 4.51. The van der Waals surface area contributed by atoms with Crippen molar-refractivity contribution < 1.29 is 14.4 Å². The molecule has 3 heterocycles. The molecule has 2 aliphatic rings. The fourth-order valence-electron chi connectivity index (χ4n) is 4.51. The Balaban J connectivity index is 1.24. The van der Waals surface area contributed by atoms with Crippen LogP contribution in [0.1, 0.15) is 31.2 Å². The van der Waals surface area contributed by atoms with Crippen molar-refractivity contribution in [3.63, 3.8) is 0 Å². The van der Waals surface area contributed by atoms with Crippen molar-refractivity contribution in [1.29, 1.82) is 0 Å². The second-order valence-corrected chi connectivity index (χ2v) is 8.38. The molecule has 3 N–H and O–H groups in total. The summed E-state index contributed by atoms with van der Waals surface area (Å²) in [5, 5.41) is 7.99. The van der Waals surface area contributed by atoms with E-state index in [4.69, 9.17) is 4.98 Å². The number of amides is 4. The van der Waals surface area contributed by atoms with Gasteiger partial charge >= 0.3 is 6.03 Å². The third kappa shape index (κ3) is 3.43. The minimum atomic E-state index is -0.845. The molecule has 1 saturated heterocycles. The van der Waals surface area contributed by atoms with Crippen LogP contribution in [-0.2, 0) is 9.59 Å². The minimum absolute atomic E-state index is 0.0595. The van der Waals surface area contributed by atoms with Crippen molar-refractivity contribution in [3.05, 3.63) is 54.4 Å². The van der Waals surface area contributed by atoms with E-state index < -0.39 is 11.6 Å². The Hall–Kier alpha value is -3.68. The molecule has 1 spiro atoms. The van der Waals surface area contributed by atoms with Gasteiger partial charge in [0.2, 0.25) is 5.91 Å². The van der Waals surface area contributed by atoms with Crippen molar-refractivity contribution in [1.82, 2.24) is 20.0 Å². The Morgan fingerprint density at radius 2 is 1.90 bits per heavy atom. The number of carbonyl (C=O) groups is 3. The summed E-state index contributed by atoms with van der Waals surface area (Å²) in [7, 11) is 0. The van der Waals surface area contributed by atoms with Crippen LogP contribution in [-0.4, -0.2) is 32.8 Å². The molecule has 1 aromatic carbocycles. The molecule has 0 radical (unpaired) electrons. The predicted octanol–water partition coefficient (Wildman–Crippen LogP) is 3.02. The lowest BCUT2D eigenvalue weighted by Gasteiger charge is -2.33. The number of pyridine rings is 1. The number of anilines is 1. The highest BCUT2D eigenvalue weighted by Gasteiger charge is 2.48. The summed E-state index contributed by atoms with van der Waals surface area (Å²) in [6, 6.07) is 11.2. The Kier molecular flexibility index (Phi) is 4.50. The summed E-state index contributed by atoms with van der Waals surface area (Å²) < 4.78 is 2.00. The van der Waals surface area contributed by atoms with Crippen LogP contribution in [0.2, 0.25) is 0 Å². The molecule has 2 aromatic heterocycles. The molecular weight excluding hydrogens is 394 g/mol. The van der Waals surface area contributed by atoms with Crippen molar-refractivity contribution >= 4 is 29.2 Å². The number of fused-ring (bicyclic) bond motifs is 1. The number of urea groups is 1. The van der Waals surface area contributed by atoms with E-state index in [0.717, 1.165) is 28.2 Å². The van der Waals surface area contributed by atoms with E-state index in [9.17, 15) is 14.4 Å². The van der Waals surface area contributed by atoms with Crippen molar-refractivity contribution in [2.75, 3.05) is 5.32 Å². The molecule has 31 heavy (non-hydrogen) atoms. The fraction of sp³-hybridized carbons (Fsp3) is 0.304. The van der Waals surface area contributed by atoms with E-state index >= 15 is 0 Å². The molecule has 5 rings (SSSR count). The summed E-state index contributed by atoms with van der Waals surface area (Å²) in [6.45, 7) is 2.03. The summed E-state index contributed by atoms with van der Waals surface area (Å²) >= 11 is 0. The van der Waals surface area contributed by atoms with Gasteiger partial charge in [0, 0.05) is 29.6 Å². The van der Waals surface area contributed by atoms with E-state index in [1.807, 2.05) is 60.1 Å². The monoisotopic (exact) mass is 417 g/mol. The average molecular weight is 417 g/mol. The van der Waals surface area contributed by atoms with Gasteiger partial charge in [0.25, 0.3) is 5.91 Å². The van der Waals surface area contributed by atoms with Crippen LogP contribution >= 0.6 is 0 Å². The van der Waals surface area contributed by atoms with Crippen LogP contribution in [0.15, 0.2) is 48.8 Å². The van der Waals surface area contributed by atoms with Gasteiger partial charge in [-0.05, 0) is 56.4 Å². The maximum absolute atomic E-state index is 12.7. The Labute approximate surface area is 179 Å². The molecule has 2 fully saturated rings. The van der Waals surface area contributed by atoms with Crippen molar-refractivity contribution in [2.45, 2.75) is 38.1 Å². The van der Waals surface area contributed by atoms with Crippen molar-refractivity contribution in [3.8, 4) is 11.3 Å². The van der Waals surface area contributed by atoms with Crippen LogP contribution in [0.3, 0.4) is 0 Å². The zero-order chi connectivity index (χ0) is 21.6. The molecule has 1 saturated carbocycles. The molecule has 158 valence electrons. The van der Waals surface area contributed by atoms with Crippen LogP contribution in [0.5, 0.6) is 0 Å². The van der Waals surface area contributed by atoms with Gasteiger partial charge in [-0.1, -0.05) is 18.2 Å². The Morgan fingerprint density at radius 3 is 2.55 bits per heavy atom. The number of carbonyl (C=O) groups excluding carboxylic acids is 3. The average Bonchev–Trinajstić information content (AvgIpc) is 3.31. The maximum atomic E-state index is 12.7. The summed E-state index contributed by atoms with van der Waals surface area (Å²) in [4.78, 5) is 40.9. The minimum Gasteiger partial charge on any atom is -0.326 e. The third-order valence-corrected chi connectivity index (χ3v) is 6.35. The first-order chi connectivity index (χ1) is 14.9. The molecule has 8 nitrogen and oxygen atoms in total. The second-order valence-electron chi connectivity index (χ2n) is 8.38. The van der Waals surface area contributed by atoms with Gasteiger partial charge in [0.15, 0.2) is 0 Å². The molecule has 0 atom stereocenters. The van der Waals surface area contributed by atoms with Crippen LogP contribution in [0, 0.1) is 12.8 Å². The van der Waals surface area contributed by atoms with Crippen LogP contribution in [0.25, 0.3) is 16.9 Å². The highest BCUT2D eigenvalue weighted by atomic mass is 16.2. The number of aromatic nitrogens is 2. The zero-order valence-corrected chi connectivity index (χ0v) is 17.1. The summed E-state index contributed by atoms with van der Waals surface area (Å²) in [6.07, 6.45) is 6.01. The number of hydrogen-bond acceptors (Lipinski definition) is 4. The van der Waals surface area contributed by atoms with Crippen molar-refractivity contribution in [2.24, 2.45) is 5.92 Å². The van der Waals surface area contributed by atoms with Gasteiger partial charge in [0.05, 0.1) is 5.69 Å². The number of rotatable bonds is 3. The number of imidazole rings is 1. The van der Waals surface area contributed by atoms with E-state index in [1.54, 1.807) is 0 Å². The highest BCUT2D eigenvalue weighted by molar-refractivity contribution is 6.07. The molecule has 0 bridgehead atoms. The first-order valence-corrected chi connectivity index (χ1v) is 10.4. The number of benzene rings is 1. The molecule has 0 unspecified atom stereocenters. The molecule has 1 aliphatic carbocycles. The first-order valence-electron chi connectivity index (χ1n) is 10.4. The molecular formula is C23H23N5O3. The normalized spacial score (nSPS) is 23.1. The number of aryl methyl sites for hydroxylation is 1. The summed E-state index contributed by atoms with van der Waals surface area (Å²) in [5.41, 5.74) is 3.77. The van der Waals surface area contributed by atoms with E-state index in [2.05, 4.69) is 16.0 Å². The summed E-state index contributed by atoms with van der Waals surface area (Å²) in [5.74, 6) is -0.526. The second kappa shape index (κ2) is 7.23. The lowest BCUT2D eigenvalue weighted by Crippen LogP contribution is -2.50. The number of hydrogen-bond donors (Lipinski definition) is 3. The Bertz CT molecular complexity index is 1190. The van der Waals surface area contributed by atoms with Gasteiger partial charge in [0.1, 0.15) is 11.2 Å². The topological polar surface area (TPSA) is 105 Å². The van der Waals surface area contributed by atoms with Gasteiger partial charge in [-0.3, -0.25) is 14.9 Å². The SMILES string of the molecule is Cc1cccn2cc(-c3ccc(NC(=O)C4CCC5(CC4)NC(=O)NC5=O)cc3)nc12. The largest absolute Gasteiger partial charge is 0.326 e. The lowest BCUT2D eigenvalue weighted by molar-refractivity contribution is -0.128. The van der Waals surface area contributed by atoms with E-state index in [-0.39, 0.29) is 17.7 Å². The highest BCUT2D eigenvalue weighted by Crippen LogP contribution is 2.35. The Morgan fingerprint density at radius 1 is 1.16 bits per heavy atom. The molecule has 1 aliphatic heterocycles. The zero-order valence-electron chi connectivity index (χ0n) is 17.1. The molecule has 3 aromatic rings. The lowest BCUT2D eigenvalue weighted by atomic mass is 9.76. The molecule has 4 amide bonds. The number of nitrogens with zero attached hydrogens (tertiary/aromatic N) is 2. The van der Waals surface area contributed by atoms with Crippen LogP contribution < -0.4 is 16.0 Å². The molecule has 8 heteroatoms. The predicted molar refractivity (Wildman–Crippen MR) is 115 cm³/mol. The standard InChI is InChI=1S/C23H23N5O3/c1-14-3-2-12-28-13-18(25-19(14)28)15-4-6-17(7-5-15)24-20(29)16-8-10-23(11-9-16)21(30)26-22(31)27-23/h2-7,12-13,16H,8-11H2,1H3,(H,24,29)(H2,26,27,30,31). The van der Waals surface area contributed by atoms with E-state index in [0.29, 0.717) is 25.7 Å². The van der Waals surface area contributed by atoms with Gasteiger partial charge in [-0.15, -0.1) is 0 Å². The van der Waals surface area contributed by atoms with Gasteiger partial charge < -0.3 is 15.0 Å². The smallest absolute Gasteiger partial charge is 0.322 e. The third-order valence-electron chi connectivity index (χ3n) is 6.35.